The highest BCUT2D eigenvalue weighted by Gasteiger charge is 2.16. The van der Waals surface area contributed by atoms with E-state index in [1.54, 1.807) is 0 Å². The maximum absolute atomic E-state index is 5.95. The van der Waals surface area contributed by atoms with Gasteiger partial charge in [-0.2, -0.15) is 0 Å². The van der Waals surface area contributed by atoms with Gasteiger partial charge in [0.2, 0.25) is 0 Å². The number of benzene rings is 1. The van der Waals surface area contributed by atoms with Crippen LogP contribution in [0, 0.1) is 20.8 Å². The van der Waals surface area contributed by atoms with E-state index in [0.29, 0.717) is 11.8 Å². The summed E-state index contributed by atoms with van der Waals surface area (Å²) in [6, 6.07) is 8.78. The molecule has 0 fully saturated rings. The molecule has 1 heterocycles. The summed E-state index contributed by atoms with van der Waals surface area (Å²) in [5.74, 6) is 0. The number of rotatable bonds is 4. The third-order valence-corrected chi connectivity index (χ3v) is 5.71. The molecule has 1 atom stereocenters. The molecule has 2 N–H and O–H groups in total. The topological polar surface area (TPSA) is 26.0 Å². The van der Waals surface area contributed by atoms with Crippen LogP contribution in [-0.2, 0) is 0 Å². The van der Waals surface area contributed by atoms with Gasteiger partial charge in [0.25, 0.3) is 0 Å². The molecule has 1 nitrogen and oxygen atoms in total. The molecule has 0 radical (unpaired) electrons. The van der Waals surface area contributed by atoms with Crippen LogP contribution in [0.15, 0.2) is 34.5 Å². The Kier molecular flexibility index (Phi) is 4.49. The number of hydrogen-bond donors (Lipinski definition) is 1. The first-order chi connectivity index (χ1) is 8.61. The van der Waals surface area contributed by atoms with Crippen LogP contribution in [-0.4, -0.2) is 6.54 Å². The van der Waals surface area contributed by atoms with Crippen LogP contribution in [0.4, 0.5) is 0 Å². The molecule has 0 saturated carbocycles. The van der Waals surface area contributed by atoms with Gasteiger partial charge in [0.1, 0.15) is 0 Å². The average molecular weight is 277 g/mol. The summed E-state index contributed by atoms with van der Waals surface area (Å²) in [5.41, 5.74) is 9.95. The molecule has 0 spiro atoms. The van der Waals surface area contributed by atoms with Crippen molar-refractivity contribution in [3.05, 3.63) is 51.2 Å². The Morgan fingerprint density at radius 2 is 1.94 bits per heavy atom. The quantitative estimate of drug-likeness (QED) is 0.835. The van der Waals surface area contributed by atoms with Gasteiger partial charge in [-0.1, -0.05) is 17.7 Å². The first kappa shape index (κ1) is 13.7. The Labute approximate surface area is 117 Å². The Morgan fingerprint density at radius 1 is 1.17 bits per heavy atom. The molecule has 2 aromatic rings. The van der Waals surface area contributed by atoms with Gasteiger partial charge in [0.05, 0.1) is 5.25 Å². The SMILES string of the molecule is Cc1ccc(C)c(SC(CN)c2sccc2C)c1. The molecule has 96 valence electrons. The average Bonchev–Trinajstić information content (AvgIpc) is 2.77. The molecule has 0 aliphatic carbocycles. The van der Waals surface area contributed by atoms with E-state index in [9.17, 15) is 0 Å². The number of hydrogen-bond acceptors (Lipinski definition) is 3. The molecule has 0 aliphatic rings. The summed E-state index contributed by atoms with van der Waals surface area (Å²) >= 11 is 3.70. The Bertz CT molecular complexity index is 531. The predicted octanol–water partition coefficient (Wildman–Crippen LogP) is 4.47. The second kappa shape index (κ2) is 5.91. The van der Waals surface area contributed by atoms with E-state index in [1.807, 2.05) is 23.1 Å². The molecule has 1 aromatic heterocycles. The van der Waals surface area contributed by atoms with E-state index in [2.05, 4.69) is 50.4 Å². The molecule has 18 heavy (non-hydrogen) atoms. The molecule has 0 bridgehead atoms. The minimum atomic E-state index is 0.366. The molecule has 2 rings (SSSR count). The monoisotopic (exact) mass is 277 g/mol. The number of nitrogens with two attached hydrogens (primary N) is 1. The van der Waals surface area contributed by atoms with Crippen LogP contribution in [0.3, 0.4) is 0 Å². The number of thiophene rings is 1. The van der Waals surface area contributed by atoms with Crippen LogP contribution in [0.2, 0.25) is 0 Å². The van der Waals surface area contributed by atoms with Crippen LogP contribution in [0.25, 0.3) is 0 Å². The van der Waals surface area contributed by atoms with Gasteiger partial charge < -0.3 is 5.73 Å². The van der Waals surface area contributed by atoms with Crippen LogP contribution >= 0.6 is 23.1 Å². The van der Waals surface area contributed by atoms with Crippen molar-refractivity contribution in [1.82, 2.24) is 0 Å². The van der Waals surface area contributed by atoms with Crippen molar-refractivity contribution in [2.24, 2.45) is 5.73 Å². The van der Waals surface area contributed by atoms with Crippen molar-refractivity contribution in [2.45, 2.75) is 30.9 Å². The fourth-order valence-corrected chi connectivity index (χ4v) is 4.35. The van der Waals surface area contributed by atoms with Crippen molar-refractivity contribution in [2.75, 3.05) is 6.54 Å². The Balaban J connectivity index is 2.26. The van der Waals surface area contributed by atoms with E-state index in [1.165, 1.54) is 26.5 Å². The van der Waals surface area contributed by atoms with Crippen molar-refractivity contribution in [1.29, 1.82) is 0 Å². The van der Waals surface area contributed by atoms with Crippen molar-refractivity contribution < 1.29 is 0 Å². The first-order valence-corrected chi connectivity index (χ1v) is 7.85. The van der Waals surface area contributed by atoms with Crippen LogP contribution in [0.1, 0.15) is 26.8 Å². The lowest BCUT2D eigenvalue weighted by atomic mass is 10.2. The molecular weight excluding hydrogens is 258 g/mol. The van der Waals surface area contributed by atoms with Gasteiger partial charge in [-0.3, -0.25) is 0 Å². The summed E-state index contributed by atoms with van der Waals surface area (Å²) in [7, 11) is 0. The smallest absolute Gasteiger partial charge is 0.0563 e. The Hall–Kier alpha value is -0.770. The van der Waals surface area contributed by atoms with Gasteiger partial charge >= 0.3 is 0 Å². The van der Waals surface area contributed by atoms with E-state index in [4.69, 9.17) is 5.73 Å². The van der Waals surface area contributed by atoms with Crippen LogP contribution in [0.5, 0.6) is 0 Å². The summed E-state index contributed by atoms with van der Waals surface area (Å²) in [6.45, 7) is 7.14. The van der Waals surface area contributed by atoms with Gasteiger partial charge in [0.15, 0.2) is 0 Å². The first-order valence-electron chi connectivity index (χ1n) is 6.09. The van der Waals surface area contributed by atoms with Gasteiger partial charge in [0, 0.05) is 16.3 Å². The highest BCUT2D eigenvalue weighted by Crippen LogP contribution is 2.39. The predicted molar refractivity (Wildman–Crippen MR) is 82.6 cm³/mol. The van der Waals surface area contributed by atoms with E-state index in [-0.39, 0.29) is 0 Å². The van der Waals surface area contributed by atoms with E-state index < -0.39 is 0 Å². The maximum Gasteiger partial charge on any atom is 0.0563 e. The minimum absolute atomic E-state index is 0.366. The van der Waals surface area contributed by atoms with E-state index >= 15 is 0 Å². The van der Waals surface area contributed by atoms with Crippen molar-refractivity contribution in [3.63, 3.8) is 0 Å². The van der Waals surface area contributed by atoms with Crippen molar-refractivity contribution in [3.8, 4) is 0 Å². The van der Waals surface area contributed by atoms with Crippen LogP contribution < -0.4 is 5.73 Å². The zero-order chi connectivity index (χ0) is 13.1. The fourth-order valence-electron chi connectivity index (χ4n) is 1.91. The summed E-state index contributed by atoms with van der Waals surface area (Å²) < 4.78 is 0. The molecule has 0 amide bonds. The molecule has 0 aliphatic heterocycles. The zero-order valence-corrected chi connectivity index (χ0v) is 12.7. The lowest BCUT2D eigenvalue weighted by Crippen LogP contribution is -2.09. The zero-order valence-electron chi connectivity index (χ0n) is 11.1. The largest absolute Gasteiger partial charge is 0.329 e. The van der Waals surface area contributed by atoms with Gasteiger partial charge in [-0.15, -0.1) is 23.1 Å². The lowest BCUT2D eigenvalue weighted by molar-refractivity contribution is 0.951. The van der Waals surface area contributed by atoms with Gasteiger partial charge in [-0.05, 0) is 49.4 Å². The van der Waals surface area contributed by atoms with Gasteiger partial charge in [-0.25, -0.2) is 0 Å². The molecule has 1 aromatic carbocycles. The number of aryl methyl sites for hydroxylation is 3. The van der Waals surface area contributed by atoms with E-state index in [0.717, 1.165) is 0 Å². The summed E-state index contributed by atoms with van der Waals surface area (Å²) in [6.07, 6.45) is 0. The minimum Gasteiger partial charge on any atom is -0.329 e. The number of thioether (sulfide) groups is 1. The normalized spacial score (nSPS) is 12.7. The Morgan fingerprint density at radius 3 is 2.56 bits per heavy atom. The standard InChI is InChI=1S/C15H19NS2/c1-10-4-5-11(2)13(8-10)18-14(9-16)15-12(3)6-7-17-15/h4-8,14H,9,16H2,1-3H3. The third-order valence-electron chi connectivity index (χ3n) is 3.02. The van der Waals surface area contributed by atoms with Crippen molar-refractivity contribution >= 4 is 23.1 Å². The molecule has 3 heteroatoms. The molecule has 1 unspecified atom stereocenters. The fraction of sp³-hybridized carbons (Fsp3) is 0.333. The second-order valence-corrected chi connectivity index (χ2v) is 6.77. The highest BCUT2D eigenvalue weighted by molar-refractivity contribution is 7.99. The second-order valence-electron chi connectivity index (χ2n) is 4.58. The molecule has 0 saturated heterocycles. The third kappa shape index (κ3) is 2.97. The highest BCUT2D eigenvalue weighted by atomic mass is 32.2. The molecular formula is C15H19NS2. The summed E-state index contributed by atoms with van der Waals surface area (Å²) in [5, 5.41) is 2.52. The summed E-state index contributed by atoms with van der Waals surface area (Å²) in [4.78, 5) is 2.75. The lowest BCUT2D eigenvalue weighted by Gasteiger charge is -2.16. The maximum atomic E-state index is 5.95.